The highest BCUT2D eigenvalue weighted by Gasteiger charge is 2.50. The quantitative estimate of drug-likeness (QED) is 0.455. The van der Waals surface area contributed by atoms with Crippen LogP contribution in [-0.2, 0) is 17.5 Å². The lowest BCUT2D eigenvalue weighted by Crippen LogP contribution is -2.66. The van der Waals surface area contributed by atoms with Gasteiger partial charge in [-0.3, -0.25) is 0 Å². The number of aromatic nitrogens is 2. The molecule has 4 aromatic rings. The standard InChI is InChI=1S/C26H27N3OSi/c1-26(2,3)31(21-10-6-4-7-11-21,22-12-8-5-9-13-22)30-19-20-14-15-23-24(18-20)29-25(28-23)16-17-27/h4-15,18H,16,19H2,1-3H3,(H,28,29). The second kappa shape index (κ2) is 8.50. The molecule has 0 unspecified atom stereocenters. The van der Waals surface area contributed by atoms with E-state index in [4.69, 9.17) is 9.69 Å². The van der Waals surface area contributed by atoms with Gasteiger partial charge in [0.1, 0.15) is 5.82 Å². The Balaban J connectivity index is 1.75. The molecule has 3 aromatic carbocycles. The maximum atomic E-state index is 8.94. The average Bonchev–Trinajstić information content (AvgIpc) is 3.17. The van der Waals surface area contributed by atoms with Crippen LogP contribution in [0.1, 0.15) is 32.2 Å². The Hall–Kier alpha value is -3.20. The number of imidazole rings is 1. The van der Waals surface area contributed by atoms with Gasteiger partial charge in [-0.25, -0.2) is 4.98 Å². The molecule has 0 atom stereocenters. The summed E-state index contributed by atoms with van der Waals surface area (Å²) in [7, 11) is -2.58. The van der Waals surface area contributed by atoms with Gasteiger partial charge in [-0.2, -0.15) is 5.26 Å². The molecule has 5 heteroatoms. The van der Waals surface area contributed by atoms with Gasteiger partial charge in [-0.1, -0.05) is 87.5 Å². The maximum absolute atomic E-state index is 8.94. The largest absolute Gasteiger partial charge is 0.403 e. The average molecular weight is 426 g/mol. The highest BCUT2D eigenvalue weighted by atomic mass is 28.4. The first-order chi connectivity index (χ1) is 14.9. The summed E-state index contributed by atoms with van der Waals surface area (Å²) in [5.41, 5.74) is 2.90. The minimum atomic E-state index is -2.58. The first-order valence-electron chi connectivity index (χ1n) is 10.5. The van der Waals surface area contributed by atoms with E-state index in [1.807, 2.05) is 6.07 Å². The van der Waals surface area contributed by atoms with Gasteiger partial charge in [0, 0.05) is 0 Å². The molecule has 1 N–H and O–H groups in total. The number of rotatable bonds is 6. The van der Waals surface area contributed by atoms with Crippen molar-refractivity contribution in [1.29, 1.82) is 5.26 Å². The van der Waals surface area contributed by atoms with Crippen LogP contribution in [0, 0.1) is 11.3 Å². The number of aromatic amines is 1. The van der Waals surface area contributed by atoms with Crippen molar-refractivity contribution in [1.82, 2.24) is 9.97 Å². The van der Waals surface area contributed by atoms with E-state index in [9.17, 15) is 0 Å². The summed E-state index contributed by atoms with van der Waals surface area (Å²) in [6.45, 7) is 7.36. The Morgan fingerprint density at radius 1 is 0.935 bits per heavy atom. The predicted octanol–water partition coefficient (Wildman–Crippen LogP) is 4.71. The Morgan fingerprint density at radius 3 is 2.10 bits per heavy atom. The summed E-state index contributed by atoms with van der Waals surface area (Å²) < 4.78 is 7.01. The Bertz CT molecular complexity index is 1160. The zero-order chi connectivity index (χ0) is 21.9. The van der Waals surface area contributed by atoms with Crippen LogP contribution < -0.4 is 10.4 Å². The summed E-state index contributed by atoms with van der Waals surface area (Å²) in [6, 6.07) is 29.6. The second-order valence-electron chi connectivity index (χ2n) is 8.82. The van der Waals surface area contributed by atoms with Crippen molar-refractivity contribution in [2.75, 3.05) is 0 Å². The fourth-order valence-electron chi connectivity index (χ4n) is 4.31. The molecule has 1 heterocycles. The summed E-state index contributed by atoms with van der Waals surface area (Å²) >= 11 is 0. The van der Waals surface area contributed by atoms with Gasteiger partial charge in [0.2, 0.25) is 0 Å². The molecule has 4 rings (SSSR count). The molecule has 0 aliphatic heterocycles. The Morgan fingerprint density at radius 2 is 1.55 bits per heavy atom. The van der Waals surface area contributed by atoms with Gasteiger partial charge in [0.15, 0.2) is 0 Å². The van der Waals surface area contributed by atoms with E-state index in [1.165, 1.54) is 10.4 Å². The lowest BCUT2D eigenvalue weighted by atomic mass is 10.2. The van der Waals surface area contributed by atoms with Gasteiger partial charge >= 0.3 is 0 Å². The number of fused-ring (bicyclic) bond motifs is 1. The van der Waals surface area contributed by atoms with Gasteiger partial charge < -0.3 is 9.41 Å². The van der Waals surface area contributed by atoms with Crippen LogP contribution in [0.2, 0.25) is 5.04 Å². The lowest BCUT2D eigenvalue weighted by Gasteiger charge is -2.43. The van der Waals surface area contributed by atoms with Crippen LogP contribution in [0.25, 0.3) is 11.0 Å². The van der Waals surface area contributed by atoms with E-state index >= 15 is 0 Å². The molecule has 1 aromatic heterocycles. The minimum absolute atomic E-state index is 0.0617. The van der Waals surface area contributed by atoms with Crippen LogP contribution in [-0.4, -0.2) is 18.3 Å². The SMILES string of the molecule is CC(C)(C)[Si](OCc1ccc2nc(CC#N)[nH]c2c1)(c1ccccc1)c1ccccc1. The predicted molar refractivity (Wildman–Crippen MR) is 128 cm³/mol. The number of hydrogen-bond acceptors (Lipinski definition) is 3. The molecular formula is C26H27N3OSi. The van der Waals surface area contributed by atoms with Crippen LogP contribution in [0.3, 0.4) is 0 Å². The van der Waals surface area contributed by atoms with Crippen molar-refractivity contribution in [3.05, 3.63) is 90.3 Å². The maximum Gasteiger partial charge on any atom is 0.261 e. The third-order valence-electron chi connectivity index (χ3n) is 5.71. The molecule has 0 bridgehead atoms. The molecule has 0 saturated heterocycles. The summed E-state index contributed by atoms with van der Waals surface area (Å²) in [4.78, 5) is 7.73. The molecule has 4 nitrogen and oxygen atoms in total. The molecule has 0 amide bonds. The van der Waals surface area contributed by atoms with Crippen molar-refractivity contribution in [3.63, 3.8) is 0 Å². The van der Waals surface area contributed by atoms with E-state index < -0.39 is 8.32 Å². The zero-order valence-electron chi connectivity index (χ0n) is 18.2. The second-order valence-corrected chi connectivity index (χ2v) is 13.1. The molecule has 156 valence electrons. The summed E-state index contributed by atoms with van der Waals surface area (Å²) in [5, 5.41) is 11.4. The lowest BCUT2D eigenvalue weighted by molar-refractivity contribution is 0.286. The number of H-pyrrole nitrogens is 1. The number of hydrogen-bond donors (Lipinski definition) is 1. The fraction of sp³-hybridized carbons (Fsp3) is 0.231. The van der Waals surface area contributed by atoms with Crippen LogP contribution in [0.15, 0.2) is 78.9 Å². The van der Waals surface area contributed by atoms with Gasteiger partial charge in [0.25, 0.3) is 8.32 Å². The van der Waals surface area contributed by atoms with Crippen molar-refractivity contribution in [2.45, 2.75) is 38.8 Å². The highest BCUT2D eigenvalue weighted by molar-refractivity contribution is 6.99. The Kier molecular flexibility index (Phi) is 5.77. The molecule has 0 aliphatic carbocycles. The summed E-state index contributed by atoms with van der Waals surface area (Å²) in [6.07, 6.45) is 0.280. The smallest absolute Gasteiger partial charge is 0.261 e. The molecule has 0 radical (unpaired) electrons. The molecule has 0 fully saturated rings. The molecule has 0 spiro atoms. The Labute approximate surface area is 184 Å². The van der Waals surface area contributed by atoms with Crippen LogP contribution in [0.4, 0.5) is 0 Å². The molecule has 31 heavy (non-hydrogen) atoms. The zero-order valence-corrected chi connectivity index (χ0v) is 19.2. The molecule has 0 aliphatic rings. The molecule has 0 saturated carbocycles. The topological polar surface area (TPSA) is 61.7 Å². The van der Waals surface area contributed by atoms with Gasteiger partial charge in [-0.15, -0.1) is 0 Å². The first-order valence-corrected chi connectivity index (χ1v) is 12.4. The number of benzene rings is 3. The third-order valence-corrected chi connectivity index (χ3v) is 10.7. The first kappa shape index (κ1) is 21.0. The van der Waals surface area contributed by atoms with E-state index in [1.54, 1.807) is 0 Å². The fourth-order valence-corrected chi connectivity index (χ4v) is 8.85. The minimum Gasteiger partial charge on any atom is -0.403 e. The van der Waals surface area contributed by atoms with Crippen molar-refractivity contribution >= 4 is 29.7 Å². The van der Waals surface area contributed by atoms with Gasteiger partial charge in [-0.05, 0) is 33.1 Å². The monoisotopic (exact) mass is 425 g/mol. The van der Waals surface area contributed by atoms with Crippen molar-refractivity contribution in [3.8, 4) is 6.07 Å². The van der Waals surface area contributed by atoms with Gasteiger partial charge in [0.05, 0.1) is 30.1 Å². The van der Waals surface area contributed by atoms with Crippen molar-refractivity contribution < 1.29 is 4.43 Å². The van der Waals surface area contributed by atoms with E-state index in [0.717, 1.165) is 16.6 Å². The van der Waals surface area contributed by atoms with Crippen LogP contribution in [0.5, 0.6) is 0 Å². The number of nitrogens with one attached hydrogen (secondary N) is 1. The van der Waals surface area contributed by atoms with E-state index in [0.29, 0.717) is 12.4 Å². The third kappa shape index (κ3) is 4.05. The number of nitrogens with zero attached hydrogens (tertiary/aromatic N) is 2. The highest BCUT2D eigenvalue weighted by Crippen LogP contribution is 2.37. The molecular weight excluding hydrogens is 398 g/mol. The van der Waals surface area contributed by atoms with E-state index in [2.05, 4.69) is 110 Å². The van der Waals surface area contributed by atoms with Crippen molar-refractivity contribution in [2.24, 2.45) is 0 Å². The summed E-state index contributed by atoms with van der Waals surface area (Å²) in [5.74, 6) is 0.697. The number of nitriles is 1. The van der Waals surface area contributed by atoms with E-state index in [-0.39, 0.29) is 11.5 Å². The van der Waals surface area contributed by atoms with Crippen LogP contribution >= 0.6 is 0 Å². The normalized spacial score (nSPS) is 12.1.